The lowest BCUT2D eigenvalue weighted by molar-refractivity contribution is -0.139. The molecule has 6 nitrogen and oxygen atoms in total. The fourth-order valence-corrected chi connectivity index (χ4v) is 2.67. The molecule has 128 valence electrons. The average Bonchev–Trinajstić information content (AvgIpc) is 2.88. The van der Waals surface area contributed by atoms with E-state index in [4.69, 9.17) is 0 Å². The van der Waals surface area contributed by atoms with E-state index in [2.05, 4.69) is 26.3 Å². The lowest BCUT2D eigenvalue weighted by Crippen LogP contribution is -2.41. The summed E-state index contributed by atoms with van der Waals surface area (Å²) in [5.41, 5.74) is 1.85. The van der Waals surface area contributed by atoms with Crippen LogP contribution in [-0.2, 0) is 4.79 Å². The van der Waals surface area contributed by atoms with Crippen LogP contribution >= 0.6 is 15.9 Å². The molecule has 1 heterocycles. The number of nitrogens with one attached hydrogen (secondary N) is 1. The Morgan fingerprint density at radius 3 is 2.46 bits per heavy atom. The number of carboxylic acids is 1. The minimum atomic E-state index is -1.03. The average molecular weight is 394 g/mol. The molecule has 0 saturated heterocycles. The van der Waals surface area contributed by atoms with Gasteiger partial charge in [0.05, 0.1) is 23.1 Å². The van der Waals surface area contributed by atoms with Gasteiger partial charge in [-0.25, -0.2) is 9.48 Å². The normalized spacial score (nSPS) is 12.2. The van der Waals surface area contributed by atoms with Crippen LogP contribution in [0.1, 0.15) is 36.3 Å². The predicted molar refractivity (Wildman–Crippen MR) is 94.3 cm³/mol. The first-order chi connectivity index (χ1) is 11.3. The van der Waals surface area contributed by atoms with Crippen LogP contribution in [0.3, 0.4) is 0 Å². The summed E-state index contributed by atoms with van der Waals surface area (Å²) < 4.78 is 2.60. The molecule has 1 atom stereocenters. The lowest BCUT2D eigenvalue weighted by atomic mass is 10.0. The van der Waals surface area contributed by atoms with E-state index >= 15 is 0 Å². The molecule has 1 aromatic carbocycles. The number of hydrogen-bond acceptors (Lipinski definition) is 3. The monoisotopic (exact) mass is 393 g/mol. The summed E-state index contributed by atoms with van der Waals surface area (Å²) in [5, 5.41) is 16.1. The van der Waals surface area contributed by atoms with Gasteiger partial charge in [0.2, 0.25) is 0 Å². The number of benzene rings is 1. The van der Waals surface area contributed by atoms with Crippen LogP contribution in [0, 0.1) is 12.8 Å². The smallest absolute Gasteiger partial charge is 0.326 e. The fraction of sp³-hybridized carbons (Fsp3) is 0.353. The van der Waals surface area contributed by atoms with Crippen LogP contribution in [-0.4, -0.2) is 32.8 Å². The van der Waals surface area contributed by atoms with E-state index in [0.717, 1.165) is 10.2 Å². The summed E-state index contributed by atoms with van der Waals surface area (Å²) in [6, 6.07) is 6.63. The molecule has 24 heavy (non-hydrogen) atoms. The summed E-state index contributed by atoms with van der Waals surface area (Å²) in [6.07, 6.45) is 1.84. The lowest BCUT2D eigenvalue weighted by Gasteiger charge is -2.16. The SMILES string of the molecule is Cc1c(C(=O)N[C@@H](CC(C)C)C(=O)O)cnn1-c1ccc(Br)cc1. The first-order valence-electron chi connectivity index (χ1n) is 7.63. The van der Waals surface area contributed by atoms with E-state index in [9.17, 15) is 14.7 Å². The number of aromatic nitrogens is 2. The standard InChI is InChI=1S/C17H20BrN3O3/c1-10(2)8-15(17(23)24)20-16(22)14-9-19-21(11(14)3)13-6-4-12(18)5-7-13/h4-7,9-10,15H,8H2,1-3H3,(H,20,22)(H,23,24)/t15-/m0/s1. The first-order valence-corrected chi connectivity index (χ1v) is 8.43. The second kappa shape index (κ2) is 7.61. The maximum atomic E-state index is 12.4. The Labute approximate surface area is 149 Å². The Hall–Kier alpha value is -2.15. The zero-order valence-electron chi connectivity index (χ0n) is 13.8. The number of halogens is 1. The highest BCUT2D eigenvalue weighted by Crippen LogP contribution is 2.17. The second-order valence-corrected chi connectivity index (χ2v) is 6.94. The van der Waals surface area contributed by atoms with Gasteiger partial charge in [0.15, 0.2) is 0 Å². The van der Waals surface area contributed by atoms with E-state index in [0.29, 0.717) is 17.7 Å². The van der Waals surface area contributed by atoms with E-state index in [-0.39, 0.29) is 5.92 Å². The Kier molecular flexibility index (Phi) is 5.77. The van der Waals surface area contributed by atoms with Gasteiger partial charge in [-0.3, -0.25) is 4.79 Å². The Morgan fingerprint density at radius 1 is 1.29 bits per heavy atom. The summed E-state index contributed by atoms with van der Waals surface area (Å²) in [4.78, 5) is 23.7. The topological polar surface area (TPSA) is 84.2 Å². The molecule has 1 amide bonds. The largest absolute Gasteiger partial charge is 0.480 e. The highest BCUT2D eigenvalue weighted by atomic mass is 79.9. The van der Waals surface area contributed by atoms with E-state index in [1.807, 2.05) is 38.1 Å². The number of carbonyl (C=O) groups is 2. The third kappa shape index (κ3) is 4.23. The number of amides is 1. The van der Waals surface area contributed by atoms with Crippen LogP contribution < -0.4 is 5.32 Å². The summed E-state index contributed by atoms with van der Waals surface area (Å²) >= 11 is 3.38. The molecule has 0 bridgehead atoms. The van der Waals surface area contributed by atoms with Gasteiger partial charge in [0.1, 0.15) is 6.04 Å². The summed E-state index contributed by atoms with van der Waals surface area (Å²) in [7, 11) is 0. The molecule has 0 aliphatic heterocycles. The number of aliphatic carboxylic acids is 1. The number of rotatable bonds is 6. The molecule has 0 aliphatic rings. The number of hydrogen-bond donors (Lipinski definition) is 2. The van der Waals surface area contributed by atoms with Gasteiger partial charge in [0, 0.05) is 4.47 Å². The fourth-order valence-electron chi connectivity index (χ4n) is 2.40. The van der Waals surface area contributed by atoms with Gasteiger partial charge in [-0.15, -0.1) is 0 Å². The van der Waals surface area contributed by atoms with Gasteiger partial charge in [0.25, 0.3) is 5.91 Å². The minimum Gasteiger partial charge on any atom is -0.480 e. The Morgan fingerprint density at radius 2 is 1.92 bits per heavy atom. The molecular weight excluding hydrogens is 374 g/mol. The molecule has 2 N–H and O–H groups in total. The maximum Gasteiger partial charge on any atom is 0.326 e. The number of nitrogens with zero attached hydrogens (tertiary/aromatic N) is 2. The Balaban J connectivity index is 2.21. The molecule has 0 aliphatic carbocycles. The third-order valence-corrected chi connectivity index (χ3v) is 4.16. The molecule has 0 spiro atoms. The molecule has 1 aromatic heterocycles. The quantitative estimate of drug-likeness (QED) is 0.788. The molecule has 0 unspecified atom stereocenters. The van der Waals surface area contributed by atoms with Gasteiger partial charge in [-0.05, 0) is 43.5 Å². The zero-order chi connectivity index (χ0) is 17.9. The van der Waals surface area contributed by atoms with Crippen molar-refractivity contribution in [1.82, 2.24) is 15.1 Å². The van der Waals surface area contributed by atoms with Crippen molar-refractivity contribution in [2.24, 2.45) is 5.92 Å². The number of carboxylic acid groups (broad SMARTS) is 1. The van der Waals surface area contributed by atoms with Crippen molar-refractivity contribution in [1.29, 1.82) is 0 Å². The zero-order valence-corrected chi connectivity index (χ0v) is 15.4. The van der Waals surface area contributed by atoms with Crippen molar-refractivity contribution in [3.63, 3.8) is 0 Å². The van der Waals surface area contributed by atoms with Gasteiger partial charge >= 0.3 is 5.97 Å². The second-order valence-electron chi connectivity index (χ2n) is 6.03. The molecule has 0 radical (unpaired) electrons. The summed E-state index contributed by atoms with van der Waals surface area (Å²) in [6.45, 7) is 5.61. The third-order valence-electron chi connectivity index (χ3n) is 3.64. The summed E-state index contributed by atoms with van der Waals surface area (Å²) in [5.74, 6) is -1.29. The first kappa shape index (κ1) is 18.2. The van der Waals surface area contributed by atoms with Crippen molar-refractivity contribution >= 4 is 27.8 Å². The van der Waals surface area contributed by atoms with E-state index < -0.39 is 17.9 Å². The molecule has 2 rings (SSSR count). The van der Waals surface area contributed by atoms with Crippen molar-refractivity contribution in [2.75, 3.05) is 0 Å². The minimum absolute atomic E-state index is 0.165. The Bertz CT molecular complexity index is 738. The van der Waals surface area contributed by atoms with Crippen LogP contribution in [0.15, 0.2) is 34.9 Å². The molecular formula is C17H20BrN3O3. The predicted octanol–water partition coefficient (Wildman–Crippen LogP) is 3.17. The molecule has 7 heteroatoms. The van der Waals surface area contributed by atoms with Gasteiger partial charge in [-0.2, -0.15) is 5.10 Å². The van der Waals surface area contributed by atoms with Gasteiger partial charge < -0.3 is 10.4 Å². The maximum absolute atomic E-state index is 12.4. The molecule has 0 saturated carbocycles. The van der Waals surface area contributed by atoms with E-state index in [1.54, 1.807) is 11.6 Å². The molecule has 2 aromatic rings. The number of carbonyl (C=O) groups excluding carboxylic acids is 1. The van der Waals surface area contributed by atoms with E-state index in [1.165, 1.54) is 6.20 Å². The van der Waals surface area contributed by atoms with Gasteiger partial charge in [-0.1, -0.05) is 29.8 Å². The highest BCUT2D eigenvalue weighted by Gasteiger charge is 2.24. The van der Waals surface area contributed by atoms with Crippen LogP contribution in [0.2, 0.25) is 0 Å². The van der Waals surface area contributed by atoms with Crippen molar-refractivity contribution in [3.05, 3.63) is 46.2 Å². The highest BCUT2D eigenvalue weighted by molar-refractivity contribution is 9.10. The van der Waals surface area contributed by atoms with Crippen LogP contribution in [0.5, 0.6) is 0 Å². The van der Waals surface area contributed by atoms with Crippen molar-refractivity contribution in [2.45, 2.75) is 33.2 Å². The van der Waals surface area contributed by atoms with Crippen molar-refractivity contribution in [3.8, 4) is 5.69 Å². The van der Waals surface area contributed by atoms with Crippen LogP contribution in [0.4, 0.5) is 0 Å². The molecule has 0 fully saturated rings. The van der Waals surface area contributed by atoms with Crippen molar-refractivity contribution < 1.29 is 14.7 Å². The van der Waals surface area contributed by atoms with Crippen LogP contribution in [0.25, 0.3) is 5.69 Å².